The maximum Gasteiger partial charge on any atom is 0.333 e. The largest absolute Gasteiger partial charge is 0.462 e. The van der Waals surface area contributed by atoms with Gasteiger partial charge in [0.05, 0.1) is 6.61 Å². The summed E-state index contributed by atoms with van der Waals surface area (Å²) in [7, 11) is 0. The van der Waals surface area contributed by atoms with E-state index in [1.54, 1.807) is 19.1 Å². The third kappa shape index (κ3) is 6.26. The summed E-state index contributed by atoms with van der Waals surface area (Å²) in [6.07, 6.45) is 1.50. The van der Waals surface area contributed by atoms with Gasteiger partial charge in [-0.25, -0.2) is 4.79 Å². The molecule has 0 radical (unpaired) electrons. The summed E-state index contributed by atoms with van der Waals surface area (Å²) >= 11 is 0. The summed E-state index contributed by atoms with van der Waals surface area (Å²) in [6, 6.07) is 17.4. The van der Waals surface area contributed by atoms with Crippen LogP contribution in [0.3, 0.4) is 0 Å². The molecule has 0 N–H and O–H groups in total. The van der Waals surface area contributed by atoms with Gasteiger partial charge in [0.15, 0.2) is 0 Å². The van der Waals surface area contributed by atoms with E-state index in [2.05, 4.69) is 6.58 Å². The first-order valence-electron chi connectivity index (χ1n) is 8.25. The van der Waals surface area contributed by atoms with Gasteiger partial charge in [-0.15, -0.1) is 0 Å². The van der Waals surface area contributed by atoms with Crippen molar-refractivity contribution >= 4 is 11.9 Å². The molecule has 2 aromatic rings. The third-order valence-corrected chi connectivity index (χ3v) is 3.55. The predicted molar refractivity (Wildman–Crippen MR) is 97.1 cm³/mol. The molecule has 2 aromatic carbocycles. The number of hydrogen-bond donors (Lipinski definition) is 0. The molecule has 0 aromatic heterocycles. The van der Waals surface area contributed by atoms with Crippen LogP contribution in [0, 0.1) is 0 Å². The van der Waals surface area contributed by atoms with Gasteiger partial charge >= 0.3 is 11.9 Å². The van der Waals surface area contributed by atoms with Crippen LogP contribution in [0.1, 0.15) is 26.2 Å². The van der Waals surface area contributed by atoms with Crippen LogP contribution in [0.5, 0.6) is 5.75 Å². The molecule has 0 aliphatic rings. The quantitative estimate of drug-likeness (QED) is 0.307. The van der Waals surface area contributed by atoms with E-state index in [9.17, 15) is 9.59 Å². The van der Waals surface area contributed by atoms with E-state index in [0.29, 0.717) is 24.2 Å². The Labute approximate surface area is 148 Å². The highest BCUT2D eigenvalue weighted by Gasteiger charge is 2.07. The highest BCUT2D eigenvalue weighted by molar-refractivity contribution is 5.86. The minimum absolute atomic E-state index is 0.282. The second kappa shape index (κ2) is 9.42. The first kappa shape index (κ1) is 18.5. The summed E-state index contributed by atoms with van der Waals surface area (Å²) in [5.41, 5.74) is 2.56. The van der Waals surface area contributed by atoms with Crippen molar-refractivity contribution < 1.29 is 19.1 Å². The smallest absolute Gasteiger partial charge is 0.333 e. The zero-order valence-electron chi connectivity index (χ0n) is 14.4. The van der Waals surface area contributed by atoms with Gasteiger partial charge in [0, 0.05) is 12.0 Å². The Hall–Kier alpha value is -2.88. The maximum absolute atomic E-state index is 11.8. The van der Waals surface area contributed by atoms with Crippen molar-refractivity contribution in [2.24, 2.45) is 0 Å². The van der Waals surface area contributed by atoms with Gasteiger partial charge in [0.2, 0.25) is 0 Å². The summed E-state index contributed by atoms with van der Waals surface area (Å²) in [6.45, 7) is 5.39. The Morgan fingerprint density at radius 3 is 2.20 bits per heavy atom. The van der Waals surface area contributed by atoms with E-state index in [1.807, 2.05) is 42.5 Å². The minimum atomic E-state index is -0.402. The van der Waals surface area contributed by atoms with Gasteiger partial charge in [-0.05, 0) is 43.0 Å². The van der Waals surface area contributed by atoms with Crippen molar-refractivity contribution in [3.05, 3.63) is 66.7 Å². The van der Waals surface area contributed by atoms with Crippen LogP contribution in [-0.4, -0.2) is 18.5 Å². The van der Waals surface area contributed by atoms with Gasteiger partial charge in [0.25, 0.3) is 0 Å². The van der Waals surface area contributed by atoms with Crippen LogP contribution < -0.4 is 4.74 Å². The molecule has 130 valence electrons. The van der Waals surface area contributed by atoms with E-state index in [-0.39, 0.29) is 19.0 Å². The number of benzene rings is 2. The lowest BCUT2D eigenvalue weighted by Crippen LogP contribution is -2.09. The molecule has 0 atom stereocenters. The van der Waals surface area contributed by atoms with Crippen LogP contribution in [0.25, 0.3) is 11.1 Å². The lowest BCUT2D eigenvalue weighted by molar-refractivity contribution is -0.139. The standard InChI is InChI=1S/C21H22O4/c1-16(2)21(23)24-15-7-6-10-20(22)25-19-13-11-18(12-14-19)17-8-4-3-5-9-17/h3-5,8-9,11-14H,1,6-7,10,15H2,2H3. The van der Waals surface area contributed by atoms with Gasteiger partial charge in [0.1, 0.15) is 5.75 Å². The third-order valence-electron chi connectivity index (χ3n) is 3.55. The molecule has 0 amide bonds. The predicted octanol–water partition coefficient (Wildman–Crippen LogP) is 4.55. The first-order chi connectivity index (χ1) is 12.1. The van der Waals surface area contributed by atoms with Crippen molar-refractivity contribution in [1.82, 2.24) is 0 Å². The lowest BCUT2D eigenvalue weighted by atomic mass is 10.1. The number of unbranched alkanes of at least 4 members (excludes halogenated alkanes) is 1. The van der Waals surface area contributed by atoms with Gasteiger partial charge in [-0.1, -0.05) is 49.0 Å². The molecular weight excluding hydrogens is 316 g/mol. The second-order valence-corrected chi connectivity index (χ2v) is 5.74. The molecule has 0 bridgehead atoms. The van der Waals surface area contributed by atoms with E-state index >= 15 is 0 Å². The second-order valence-electron chi connectivity index (χ2n) is 5.74. The first-order valence-corrected chi connectivity index (χ1v) is 8.25. The van der Waals surface area contributed by atoms with Crippen LogP contribution in [0.4, 0.5) is 0 Å². The number of carbonyl (C=O) groups is 2. The Bertz CT molecular complexity index is 717. The molecular formula is C21H22O4. The number of ether oxygens (including phenoxy) is 2. The molecule has 0 saturated heterocycles. The van der Waals surface area contributed by atoms with E-state index in [4.69, 9.17) is 9.47 Å². The zero-order valence-corrected chi connectivity index (χ0v) is 14.4. The normalized spacial score (nSPS) is 10.1. The van der Waals surface area contributed by atoms with Crippen molar-refractivity contribution in [1.29, 1.82) is 0 Å². The van der Waals surface area contributed by atoms with Crippen LogP contribution >= 0.6 is 0 Å². The van der Waals surface area contributed by atoms with Crippen LogP contribution in [0.2, 0.25) is 0 Å². The number of carbonyl (C=O) groups excluding carboxylic acids is 2. The summed E-state index contributed by atoms with van der Waals surface area (Å²) < 4.78 is 10.3. The molecule has 4 nitrogen and oxygen atoms in total. The molecule has 0 aliphatic carbocycles. The molecule has 0 spiro atoms. The fraction of sp³-hybridized carbons (Fsp3) is 0.238. The van der Waals surface area contributed by atoms with Crippen LogP contribution in [0.15, 0.2) is 66.7 Å². The molecule has 0 aliphatic heterocycles. The summed E-state index contributed by atoms with van der Waals surface area (Å²) in [5.74, 6) is -0.168. The number of hydrogen-bond acceptors (Lipinski definition) is 4. The summed E-state index contributed by atoms with van der Waals surface area (Å²) in [4.78, 5) is 23.0. The average molecular weight is 338 g/mol. The Morgan fingerprint density at radius 2 is 1.56 bits per heavy atom. The van der Waals surface area contributed by atoms with Crippen molar-refractivity contribution in [3.8, 4) is 16.9 Å². The highest BCUT2D eigenvalue weighted by Crippen LogP contribution is 2.22. The van der Waals surface area contributed by atoms with Gasteiger partial charge in [-0.3, -0.25) is 4.79 Å². The topological polar surface area (TPSA) is 52.6 Å². The van der Waals surface area contributed by atoms with Crippen LogP contribution in [-0.2, 0) is 14.3 Å². The van der Waals surface area contributed by atoms with Gasteiger partial charge in [-0.2, -0.15) is 0 Å². The SMILES string of the molecule is C=C(C)C(=O)OCCCCC(=O)Oc1ccc(-c2ccccc2)cc1. The Balaban J connectivity index is 1.72. The Kier molecular flexibility index (Phi) is 6.96. The Morgan fingerprint density at radius 1 is 0.920 bits per heavy atom. The monoisotopic (exact) mass is 338 g/mol. The van der Waals surface area contributed by atoms with Gasteiger partial charge < -0.3 is 9.47 Å². The van der Waals surface area contributed by atoms with Crippen molar-refractivity contribution in [3.63, 3.8) is 0 Å². The van der Waals surface area contributed by atoms with E-state index in [0.717, 1.165) is 11.1 Å². The molecule has 0 saturated carbocycles. The highest BCUT2D eigenvalue weighted by atomic mass is 16.5. The number of rotatable bonds is 8. The zero-order chi connectivity index (χ0) is 18.1. The van der Waals surface area contributed by atoms with E-state index in [1.165, 1.54) is 0 Å². The van der Waals surface area contributed by atoms with Crippen molar-refractivity contribution in [2.45, 2.75) is 26.2 Å². The molecule has 0 unspecified atom stereocenters. The molecule has 0 fully saturated rings. The molecule has 2 rings (SSSR count). The molecule has 0 heterocycles. The van der Waals surface area contributed by atoms with E-state index < -0.39 is 5.97 Å². The molecule has 4 heteroatoms. The fourth-order valence-corrected chi connectivity index (χ4v) is 2.19. The minimum Gasteiger partial charge on any atom is -0.462 e. The molecule has 25 heavy (non-hydrogen) atoms. The number of esters is 2. The maximum atomic E-state index is 11.8. The lowest BCUT2D eigenvalue weighted by Gasteiger charge is -2.07. The summed E-state index contributed by atoms with van der Waals surface area (Å²) in [5, 5.41) is 0. The average Bonchev–Trinajstić information content (AvgIpc) is 2.62. The van der Waals surface area contributed by atoms with Crippen molar-refractivity contribution in [2.75, 3.05) is 6.61 Å². The fourth-order valence-electron chi connectivity index (χ4n) is 2.19.